The van der Waals surface area contributed by atoms with Crippen LogP contribution in [0.5, 0.6) is 0 Å². The molecule has 96 valence electrons. The second-order valence-corrected chi connectivity index (χ2v) is 3.72. The highest BCUT2D eigenvalue weighted by Gasteiger charge is 2.31. The number of hydrogen-bond acceptors (Lipinski definition) is 3. The lowest BCUT2D eigenvalue weighted by atomic mass is 10.2. The molecule has 0 saturated heterocycles. The summed E-state index contributed by atoms with van der Waals surface area (Å²) in [5, 5.41) is 2.57. The van der Waals surface area contributed by atoms with Crippen molar-refractivity contribution in [2.75, 3.05) is 25.6 Å². The zero-order valence-corrected chi connectivity index (χ0v) is 9.90. The first-order valence-electron chi connectivity index (χ1n) is 4.91. The van der Waals surface area contributed by atoms with Gasteiger partial charge < -0.3 is 10.1 Å². The monoisotopic (exact) mass is 268 g/mol. The molecule has 0 amide bonds. The lowest BCUT2D eigenvalue weighted by Gasteiger charge is -2.10. The van der Waals surface area contributed by atoms with E-state index in [9.17, 15) is 13.2 Å². The summed E-state index contributed by atoms with van der Waals surface area (Å²) in [7, 11) is 1.55. The molecule has 1 aromatic heterocycles. The van der Waals surface area contributed by atoms with Crippen LogP contribution in [-0.2, 0) is 10.9 Å². The summed E-state index contributed by atoms with van der Waals surface area (Å²) in [6.07, 6.45) is -3.75. The van der Waals surface area contributed by atoms with Crippen LogP contribution < -0.4 is 5.32 Å². The number of anilines is 1. The molecule has 0 saturated carbocycles. The van der Waals surface area contributed by atoms with Gasteiger partial charge in [-0.15, -0.1) is 0 Å². The average Bonchev–Trinajstić information content (AvgIpc) is 2.22. The van der Waals surface area contributed by atoms with Crippen molar-refractivity contribution in [1.29, 1.82) is 0 Å². The van der Waals surface area contributed by atoms with Crippen molar-refractivity contribution in [3.63, 3.8) is 0 Å². The van der Waals surface area contributed by atoms with Crippen LogP contribution in [0, 0.1) is 0 Å². The smallest absolute Gasteiger partial charge is 0.385 e. The van der Waals surface area contributed by atoms with Gasteiger partial charge in [-0.2, -0.15) is 13.2 Å². The quantitative estimate of drug-likeness (QED) is 0.658. The normalized spacial score (nSPS) is 11.6. The van der Waals surface area contributed by atoms with Gasteiger partial charge in [-0.3, -0.25) is 0 Å². The van der Waals surface area contributed by atoms with Crippen LogP contribution in [0.15, 0.2) is 12.1 Å². The maximum Gasteiger partial charge on any atom is 0.416 e. The van der Waals surface area contributed by atoms with Crippen molar-refractivity contribution < 1.29 is 17.9 Å². The number of alkyl halides is 3. The molecule has 0 fully saturated rings. The van der Waals surface area contributed by atoms with Crippen molar-refractivity contribution in [3.8, 4) is 0 Å². The molecule has 0 aromatic carbocycles. The van der Waals surface area contributed by atoms with Gasteiger partial charge >= 0.3 is 6.18 Å². The molecule has 0 unspecified atom stereocenters. The van der Waals surface area contributed by atoms with E-state index in [1.165, 1.54) is 0 Å². The SMILES string of the molecule is COCCCNc1cc(C(F)(F)F)cc(Cl)n1. The molecule has 0 spiro atoms. The van der Waals surface area contributed by atoms with E-state index in [0.717, 1.165) is 12.1 Å². The molecule has 0 aliphatic carbocycles. The highest BCUT2D eigenvalue weighted by atomic mass is 35.5. The van der Waals surface area contributed by atoms with E-state index in [1.54, 1.807) is 7.11 Å². The summed E-state index contributed by atoms with van der Waals surface area (Å²) in [6, 6.07) is 1.72. The maximum absolute atomic E-state index is 12.5. The molecule has 0 radical (unpaired) electrons. The van der Waals surface area contributed by atoms with E-state index >= 15 is 0 Å². The fourth-order valence-corrected chi connectivity index (χ4v) is 1.39. The summed E-state index contributed by atoms with van der Waals surface area (Å²) in [5.74, 6) is 0.112. The molecule has 1 N–H and O–H groups in total. The number of nitrogens with zero attached hydrogens (tertiary/aromatic N) is 1. The molecule has 17 heavy (non-hydrogen) atoms. The third kappa shape index (κ3) is 4.79. The van der Waals surface area contributed by atoms with Gasteiger partial charge in [0, 0.05) is 20.3 Å². The first-order chi connectivity index (χ1) is 7.93. The van der Waals surface area contributed by atoms with Crippen LogP contribution in [-0.4, -0.2) is 25.2 Å². The third-order valence-corrected chi connectivity index (χ3v) is 2.15. The third-order valence-electron chi connectivity index (χ3n) is 1.95. The summed E-state index contributed by atoms with van der Waals surface area (Å²) in [4.78, 5) is 3.76. The number of aromatic nitrogens is 1. The van der Waals surface area contributed by atoms with Crippen LogP contribution in [0.3, 0.4) is 0 Å². The van der Waals surface area contributed by atoms with Crippen molar-refractivity contribution in [1.82, 2.24) is 4.98 Å². The topological polar surface area (TPSA) is 34.1 Å². The molecule has 0 aliphatic heterocycles. The predicted octanol–water partition coefficient (Wildman–Crippen LogP) is 3.20. The molecule has 0 atom stereocenters. The molecule has 0 aliphatic rings. The molecular formula is C10H12ClF3N2O. The van der Waals surface area contributed by atoms with Crippen molar-refractivity contribution in [2.45, 2.75) is 12.6 Å². The Bertz CT molecular complexity index is 371. The summed E-state index contributed by atoms with van der Waals surface area (Å²) < 4.78 is 42.2. The van der Waals surface area contributed by atoms with E-state index in [0.29, 0.717) is 19.6 Å². The van der Waals surface area contributed by atoms with E-state index in [-0.39, 0.29) is 11.0 Å². The number of rotatable bonds is 5. The van der Waals surface area contributed by atoms with Gasteiger partial charge in [0.25, 0.3) is 0 Å². The lowest BCUT2D eigenvalue weighted by molar-refractivity contribution is -0.137. The number of nitrogens with one attached hydrogen (secondary N) is 1. The van der Waals surface area contributed by atoms with Gasteiger partial charge in [-0.05, 0) is 18.6 Å². The first-order valence-corrected chi connectivity index (χ1v) is 5.29. The molecule has 3 nitrogen and oxygen atoms in total. The van der Waals surface area contributed by atoms with Crippen molar-refractivity contribution >= 4 is 17.4 Å². The van der Waals surface area contributed by atoms with Crippen molar-refractivity contribution in [2.24, 2.45) is 0 Å². The van der Waals surface area contributed by atoms with Gasteiger partial charge in [0.1, 0.15) is 11.0 Å². The molecule has 1 rings (SSSR count). The van der Waals surface area contributed by atoms with Crippen LogP contribution in [0.25, 0.3) is 0 Å². The minimum Gasteiger partial charge on any atom is -0.385 e. The zero-order valence-electron chi connectivity index (χ0n) is 9.14. The largest absolute Gasteiger partial charge is 0.416 e. The summed E-state index contributed by atoms with van der Waals surface area (Å²) in [5.41, 5.74) is -0.813. The Balaban J connectivity index is 2.69. The average molecular weight is 269 g/mol. The number of pyridine rings is 1. The molecule has 1 aromatic rings. The van der Waals surface area contributed by atoms with E-state index in [4.69, 9.17) is 16.3 Å². The van der Waals surface area contributed by atoms with Crippen LogP contribution in [0.1, 0.15) is 12.0 Å². The fourth-order valence-electron chi connectivity index (χ4n) is 1.18. The Morgan fingerprint density at radius 1 is 1.41 bits per heavy atom. The predicted molar refractivity (Wildman–Crippen MR) is 59.2 cm³/mol. The maximum atomic E-state index is 12.5. The van der Waals surface area contributed by atoms with E-state index < -0.39 is 11.7 Å². The number of halogens is 4. The van der Waals surface area contributed by atoms with Crippen molar-refractivity contribution in [3.05, 3.63) is 22.8 Å². The first kappa shape index (κ1) is 14.1. The highest BCUT2D eigenvalue weighted by molar-refractivity contribution is 6.29. The Kier molecular flexibility index (Phi) is 5.02. The molecular weight excluding hydrogens is 257 g/mol. The molecule has 0 bridgehead atoms. The standard InChI is InChI=1S/C10H12ClF3N2O/c1-17-4-2-3-15-9-6-7(10(12,13)14)5-8(11)16-9/h5-6H,2-4H2,1H3,(H,15,16). The van der Waals surface area contributed by atoms with Gasteiger partial charge in [0.05, 0.1) is 5.56 Å². The Labute approximate surface area is 102 Å². The highest BCUT2D eigenvalue weighted by Crippen LogP contribution is 2.31. The summed E-state index contributed by atoms with van der Waals surface area (Å²) in [6.45, 7) is 0.998. The van der Waals surface area contributed by atoms with Gasteiger partial charge in [-0.25, -0.2) is 4.98 Å². The Morgan fingerprint density at radius 2 is 2.12 bits per heavy atom. The minimum absolute atomic E-state index is 0.112. The van der Waals surface area contributed by atoms with Gasteiger partial charge in [-0.1, -0.05) is 11.6 Å². The summed E-state index contributed by atoms with van der Waals surface area (Å²) >= 11 is 5.52. The van der Waals surface area contributed by atoms with Crippen LogP contribution >= 0.6 is 11.6 Å². The second-order valence-electron chi connectivity index (χ2n) is 3.33. The number of ether oxygens (including phenoxy) is 1. The van der Waals surface area contributed by atoms with E-state index in [2.05, 4.69) is 10.3 Å². The van der Waals surface area contributed by atoms with Crippen LogP contribution in [0.4, 0.5) is 19.0 Å². The zero-order chi connectivity index (χ0) is 12.9. The fraction of sp³-hybridized carbons (Fsp3) is 0.500. The molecule has 7 heteroatoms. The Hall–Kier alpha value is -1.01. The van der Waals surface area contributed by atoms with Gasteiger partial charge in [0.15, 0.2) is 0 Å². The Morgan fingerprint density at radius 3 is 2.71 bits per heavy atom. The number of methoxy groups -OCH3 is 1. The second kappa shape index (κ2) is 6.07. The van der Waals surface area contributed by atoms with Gasteiger partial charge in [0.2, 0.25) is 0 Å². The number of hydrogen-bond donors (Lipinski definition) is 1. The minimum atomic E-state index is -4.42. The van der Waals surface area contributed by atoms with E-state index in [1.807, 2.05) is 0 Å². The van der Waals surface area contributed by atoms with Crippen LogP contribution in [0.2, 0.25) is 5.15 Å². The lowest BCUT2D eigenvalue weighted by Crippen LogP contribution is -2.10. The molecule has 1 heterocycles.